The Bertz CT molecular complexity index is 996. The van der Waals surface area contributed by atoms with Crippen LogP contribution >= 0.6 is 0 Å². The molecular formula is C34H51NO7. The molecular weight excluding hydrogens is 534 g/mol. The van der Waals surface area contributed by atoms with Crippen molar-refractivity contribution in [2.45, 2.75) is 111 Å². The summed E-state index contributed by atoms with van der Waals surface area (Å²) >= 11 is 0. The first kappa shape index (κ1) is 38.3. The number of amides is 1. The minimum Gasteiger partial charge on any atom is -0.480 e. The van der Waals surface area contributed by atoms with Crippen LogP contribution in [-0.4, -0.2) is 46.7 Å². The molecule has 0 rings (SSSR count). The van der Waals surface area contributed by atoms with Crippen LogP contribution in [0.2, 0.25) is 0 Å². The Morgan fingerprint density at radius 1 is 0.714 bits per heavy atom. The zero-order chi connectivity index (χ0) is 31.8. The Kier molecular flexibility index (Phi) is 20.9. The molecule has 0 fully saturated rings. The lowest BCUT2D eigenvalue weighted by molar-refractivity contribution is -0.176. The van der Waals surface area contributed by atoms with E-state index >= 15 is 0 Å². The summed E-state index contributed by atoms with van der Waals surface area (Å²) in [6, 6.07) is -1.00. The molecule has 8 nitrogen and oxygen atoms in total. The first-order valence-electron chi connectivity index (χ1n) is 14.7. The van der Waals surface area contributed by atoms with Gasteiger partial charge in [-0.15, -0.1) is 0 Å². The molecule has 0 aromatic carbocycles. The second kappa shape index (κ2) is 22.9. The van der Waals surface area contributed by atoms with Gasteiger partial charge in [-0.2, -0.15) is 0 Å². The molecule has 3 atom stereocenters. The second-order valence-corrected chi connectivity index (χ2v) is 10.7. The smallest absolute Gasteiger partial charge is 0.328 e. The van der Waals surface area contributed by atoms with Gasteiger partial charge in [-0.3, -0.25) is 14.4 Å². The molecule has 0 aliphatic rings. The largest absolute Gasteiger partial charge is 0.480 e. The molecule has 234 valence electrons. The molecule has 0 spiro atoms. The number of carboxylic acids is 1. The number of ether oxygens (including phenoxy) is 2. The lowest BCUT2D eigenvalue weighted by Gasteiger charge is -2.25. The van der Waals surface area contributed by atoms with Crippen LogP contribution in [0.15, 0.2) is 72.9 Å². The minimum absolute atomic E-state index is 0.186. The summed E-state index contributed by atoms with van der Waals surface area (Å²) in [5.41, 5.74) is -0.890. The molecule has 42 heavy (non-hydrogen) atoms. The van der Waals surface area contributed by atoms with Crippen LogP contribution in [0.3, 0.4) is 0 Å². The fraction of sp³-hybridized carbons (Fsp3) is 0.529. The molecule has 2 N–H and O–H groups in total. The number of carbonyl (C=O) groups is 4. The average Bonchev–Trinajstić information content (AvgIpc) is 2.88. The normalized spacial score (nSPS) is 14.8. The van der Waals surface area contributed by atoms with E-state index in [-0.39, 0.29) is 12.3 Å². The number of nitrogens with one attached hydrogen (secondary N) is 1. The first-order valence-corrected chi connectivity index (χ1v) is 14.7. The maximum atomic E-state index is 12.4. The Morgan fingerprint density at radius 3 is 1.55 bits per heavy atom. The number of rotatable bonds is 20. The lowest BCUT2D eigenvalue weighted by Crippen LogP contribution is -2.44. The van der Waals surface area contributed by atoms with Gasteiger partial charge in [-0.25, -0.2) is 4.79 Å². The maximum Gasteiger partial charge on any atom is 0.328 e. The van der Waals surface area contributed by atoms with Gasteiger partial charge in [0.25, 0.3) is 0 Å². The summed E-state index contributed by atoms with van der Waals surface area (Å²) in [5, 5.41) is 11.9. The molecule has 0 saturated carbocycles. The molecule has 0 aliphatic carbocycles. The van der Waals surface area contributed by atoms with Crippen LogP contribution in [0.5, 0.6) is 0 Å². The monoisotopic (exact) mass is 585 g/mol. The predicted molar refractivity (Wildman–Crippen MR) is 168 cm³/mol. The summed E-state index contributed by atoms with van der Waals surface area (Å²) in [6.45, 7) is 9.70. The highest BCUT2D eigenvalue weighted by molar-refractivity contribution is 5.95. The molecule has 0 radical (unpaired) electrons. The van der Waals surface area contributed by atoms with Crippen molar-refractivity contribution in [2.24, 2.45) is 5.92 Å². The van der Waals surface area contributed by atoms with E-state index in [0.29, 0.717) is 6.42 Å². The van der Waals surface area contributed by atoms with Gasteiger partial charge in [0.05, 0.1) is 0 Å². The minimum atomic E-state index is -1.68. The number of hydrogen-bond acceptors (Lipinski definition) is 6. The van der Waals surface area contributed by atoms with Gasteiger partial charge >= 0.3 is 17.9 Å². The molecule has 0 aromatic rings. The van der Waals surface area contributed by atoms with Crippen LogP contribution in [0.4, 0.5) is 0 Å². The Hall–Kier alpha value is -3.68. The number of aliphatic carboxylic acids is 1. The average molecular weight is 586 g/mol. The van der Waals surface area contributed by atoms with E-state index < -0.39 is 41.6 Å². The second-order valence-electron chi connectivity index (χ2n) is 10.7. The molecule has 0 bridgehead atoms. The van der Waals surface area contributed by atoms with E-state index in [2.05, 4.69) is 73.0 Å². The van der Waals surface area contributed by atoms with E-state index in [9.17, 15) is 24.3 Å². The molecule has 0 aromatic heterocycles. The van der Waals surface area contributed by atoms with Gasteiger partial charge in [-0.05, 0) is 79.6 Å². The summed E-state index contributed by atoms with van der Waals surface area (Å²) in [4.78, 5) is 48.3. The summed E-state index contributed by atoms with van der Waals surface area (Å²) in [6.07, 6.45) is 30.4. The molecule has 8 heteroatoms. The van der Waals surface area contributed by atoms with Gasteiger partial charge in [0.1, 0.15) is 17.7 Å². The third-order valence-corrected chi connectivity index (χ3v) is 5.56. The van der Waals surface area contributed by atoms with Gasteiger partial charge in [0.15, 0.2) is 5.92 Å². The highest BCUT2D eigenvalue weighted by Crippen LogP contribution is 2.17. The fourth-order valence-corrected chi connectivity index (χ4v) is 3.44. The number of esters is 2. The Morgan fingerprint density at radius 2 is 1.14 bits per heavy atom. The molecule has 1 amide bonds. The molecule has 0 aliphatic heterocycles. The van der Waals surface area contributed by atoms with E-state index in [4.69, 9.17) is 9.47 Å². The topological polar surface area (TPSA) is 119 Å². The maximum absolute atomic E-state index is 12.4. The van der Waals surface area contributed by atoms with Gasteiger partial charge < -0.3 is 19.9 Å². The fourth-order valence-electron chi connectivity index (χ4n) is 3.44. The van der Waals surface area contributed by atoms with E-state index in [1.807, 2.05) is 12.2 Å². The Balaban J connectivity index is 4.21. The van der Waals surface area contributed by atoms with Crippen LogP contribution in [-0.2, 0) is 28.7 Å². The third kappa shape index (κ3) is 21.1. The summed E-state index contributed by atoms with van der Waals surface area (Å²) in [7, 11) is 0. The highest BCUT2D eigenvalue weighted by Gasteiger charge is 2.38. The van der Waals surface area contributed by atoms with Crippen molar-refractivity contribution >= 4 is 23.8 Å². The molecule has 0 heterocycles. The zero-order valence-electron chi connectivity index (χ0n) is 26.2. The van der Waals surface area contributed by atoms with Crippen molar-refractivity contribution in [1.29, 1.82) is 0 Å². The Labute approximate surface area is 252 Å². The van der Waals surface area contributed by atoms with Crippen molar-refractivity contribution in [3.05, 3.63) is 72.9 Å². The first-order chi connectivity index (χ1) is 19.9. The van der Waals surface area contributed by atoms with E-state index in [0.717, 1.165) is 38.5 Å². The molecule has 2 unspecified atom stereocenters. The predicted octanol–water partition coefficient (Wildman–Crippen LogP) is 6.94. The summed E-state index contributed by atoms with van der Waals surface area (Å²) in [5.74, 6) is -5.31. The quantitative estimate of drug-likeness (QED) is 0.0902. The SMILES string of the molecule is CC/C=C\C/C=C\C/C=C\C/C=C\C/C=C\C/C=C\CCC(=O)N[C@@H](C)C(=O)OC(C)C(C(=O)O)C(=O)OC(C)(C)C. The third-order valence-electron chi connectivity index (χ3n) is 5.56. The number of hydrogen-bond donors (Lipinski definition) is 2. The van der Waals surface area contributed by atoms with Crippen molar-refractivity contribution in [3.63, 3.8) is 0 Å². The number of allylic oxidation sites excluding steroid dienone is 12. The van der Waals surface area contributed by atoms with E-state index in [1.54, 1.807) is 20.8 Å². The number of carbonyl (C=O) groups excluding carboxylic acids is 3. The zero-order valence-corrected chi connectivity index (χ0v) is 26.2. The lowest BCUT2D eigenvalue weighted by atomic mass is 10.0. The standard InChI is InChI=1S/C34H51NO7/c1-7-8-9-10-11-12-13-14-15-16-17-18-19-20-21-22-23-24-25-26-29(36)35-27(2)32(39)41-28(3)30(31(37)38)33(40)42-34(4,5)6/h8-9,11-12,14-15,17-18,20-21,23-24,27-28,30H,7,10,13,16,19,22,25-26H2,1-6H3,(H,35,36)(H,37,38)/b9-8-,12-11-,15-14-,18-17-,21-20-,24-23-/t27-,28?,30?/m0/s1. The van der Waals surface area contributed by atoms with Crippen molar-refractivity contribution in [2.75, 3.05) is 0 Å². The van der Waals surface area contributed by atoms with Gasteiger partial charge in [0.2, 0.25) is 5.91 Å². The van der Waals surface area contributed by atoms with Crippen LogP contribution in [0, 0.1) is 5.92 Å². The van der Waals surface area contributed by atoms with Crippen molar-refractivity contribution < 1.29 is 33.8 Å². The summed E-state index contributed by atoms with van der Waals surface area (Å²) < 4.78 is 10.3. The highest BCUT2D eigenvalue weighted by atomic mass is 16.6. The van der Waals surface area contributed by atoms with Crippen LogP contribution < -0.4 is 5.32 Å². The van der Waals surface area contributed by atoms with Gasteiger partial charge in [-0.1, -0.05) is 79.8 Å². The van der Waals surface area contributed by atoms with Crippen LogP contribution in [0.1, 0.15) is 92.9 Å². The van der Waals surface area contributed by atoms with E-state index in [1.165, 1.54) is 13.8 Å². The molecule has 0 saturated heterocycles. The van der Waals surface area contributed by atoms with Gasteiger partial charge in [0, 0.05) is 6.42 Å². The number of carboxylic acid groups (broad SMARTS) is 1. The van der Waals surface area contributed by atoms with Crippen molar-refractivity contribution in [3.8, 4) is 0 Å². The van der Waals surface area contributed by atoms with Crippen LogP contribution in [0.25, 0.3) is 0 Å². The van der Waals surface area contributed by atoms with Crippen molar-refractivity contribution in [1.82, 2.24) is 5.32 Å².